The fourth-order valence-corrected chi connectivity index (χ4v) is 3.64. The van der Waals surface area contributed by atoms with Gasteiger partial charge in [0, 0.05) is 12.1 Å². The lowest BCUT2D eigenvalue weighted by Gasteiger charge is -2.11. The summed E-state index contributed by atoms with van der Waals surface area (Å²) in [7, 11) is -3.84. The number of rotatable bonds is 7. The molecule has 2 aromatic heterocycles. The highest BCUT2D eigenvalue weighted by atomic mass is 32.2. The molecular formula is C22H20FN5O3S. The minimum Gasteiger partial charge on any atom is -0.476 e. The molecule has 0 saturated heterocycles. The van der Waals surface area contributed by atoms with Crippen molar-refractivity contribution in [2.45, 2.75) is 18.4 Å². The summed E-state index contributed by atoms with van der Waals surface area (Å²) in [6.07, 6.45) is 0. The summed E-state index contributed by atoms with van der Waals surface area (Å²) >= 11 is 0. The maximum Gasteiger partial charge on any atom is 0.245 e. The molecule has 0 unspecified atom stereocenters. The Morgan fingerprint density at radius 3 is 2.53 bits per heavy atom. The number of hydrogen-bond acceptors (Lipinski definition) is 7. The molecule has 8 nitrogen and oxygen atoms in total. The fraction of sp³-hybridized carbons (Fsp3) is 0.136. The first kappa shape index (κ1) is 21.6. The van der Waals surface area contributed by atoms with Crippen LogP contribution in [0.2, 0.25) is 0 Å². The number of nitrogens with two attached hydrogens (primary N) is 1. The molecule has 10 heteroatoms. The molecule has 3 N–H and O–H groups in total. The van der Waals surface area contributed by atoms with Gasteiger partial charge in [0.1, 0.15) is 5.82 Å². The molecule has 32 heavy (non-hydrogen) atoms. The predicted molar refractivity (Wildman–Crippen MR) is 119 cm³/mol. The van der Waals surface area contributed by atoms with Crippen molar-refractivity contribution >= 4 is 27.0 Å². The minimum atomic E-state index is -3.84. The highest BCUT2D eigenvalue weighted by Gasteiger charge is 2.14. The maximum atomic E-state index is 13.1. The number of halogens is 1. The Balaban J connectivity index is 1.69. The number of benzene rings is 2. The minimum absolute atomic E-state index is 0.00137. The number of ether oxygens (including phenoxy) is 1. The van der Waals surface area contributed by atoms with Crippen LogP contribution >= 0.6 is 0 Å². The Hall–Kier alpha value is -3.63. The predicted octanol–water partition coefficient (Wildman–Crippen LogP) is 3.49. The summed E-state index contributed by atoms with van der Waals surface area (Å²) in [6, 6.07) is 15.8. The third-order valence-electron chi connectivity index (χ3n) is 4.61. The number of nitrogens with zero attached hydrogens (tertiary/aromatic N) is 3. The van der Waals surface area contributed by atoms with Gasteiger partial charge in [0.2, 0.25) is 21.9 Å². The van der Waals surface area contributed by atoms with Gasteiger partial charge in [-0.3, -0.25) is 0 Å². The second kappa shape index (κ2) is 8.85. The summed E-state index contributed by atoms with van der Waals surface area (Å²) in [5.41, 5.74) is 2.98. The molecule has 0 bridgehead atoms. The standard InChI is InChI=1S/C22H20FN5O3S/c1-2-31-21-20-19(27-22(28-21)25-13-14-6-8-16(23)9-7-14)11-10-18(26-20)15-4-3-5-17(12-15)32(24,29)30/h3-12H,2,13H2,1H3,(H2,24,29,30)(H,25,27,28). The van der Waals surface area contributed by atoms with Gasteiger partial charge in [-0.2, -0.15) is 4.98 Å². The lowest BCUT2D eigenvalue weighted by Crippen LogP contribution is -2.12. The van der Waals surface area contributed by atoms with E-state index in [2.05, 4.69) is 20.3 Å². The SMILES string of the molecule is CCOc1nc(NCc2ccc(F)cc2)nc2ccc(-c3cccc(S(N)(=O)=O)c3)nc12. The zero-order valence-corrected chi connectivity index (χ0v) is 17.9. The highest BCUT2D eigenvalue weighted by Crippen LogP contribution is 2.27. The van der Waals surface area contributed by atoms with Crippen molar-refractivity contribution in [3.8, 4) is 17.1 Å². The van der Waals surface area contributed by atoms with Gasteiger partial charge >= 0.3 is 0 Å². The van der Waals surface area contributed by atoms with Crippen LogP contribution < -0.4 is 15.2 Å². The largest absolute Gasteiger partial charge is 0.476 e. The van der Waals surface area contributed by atoms with Gasteiger partial charge in [0.15, 0.2) is 5.52 Å². The molecule has 0 saturated carbocycles. The van der Waals surface area contributed by atoms with Crippen LogP contribution in [0.5, 0.6) is 5.88 Å². The van der Waals surface area contributed by atoms with E-state index in [4.69, 9.17) is 9.88 Å². The summed E-state index contributed by atoms with van der Waals surface area (Å²) in [6.45, 7) is 2.61. The maximum absolute atomic E-state index is 13.1. The third-order valence-corrected chi connectivity index (χ3v) is 5.52. The quantitative estimate of drug-likeness (QED) is 0.439. The first-order chi connectivity index (χ1) is 15.3. The van der Waals surface area contributed by atoms with Crippen molar-refractivity contribution in [2.75, 3.05) is 11.9 Å². The van der Waals surface area contributed by atoms with Crippen LogP contribution in [-0.2, 0) is 16.6 Å². The van der Waals surface area contributed by atoms with E-state index in [1.807, 2.05) is 6.92 Å². The molecule has 0 atom stereocenters. The molecule has 4 rings (SSSR count). The van der Waals surface area contributed by atoms with Gasteiger partial charge < -0.3 is 10.1 Å². The zero-order chi connectivity index (χ0) is 22.7. The van der Waals surface area contributed by atoms with E-state index >= 15 is 0 Å². The van der Waals surface area contributed by atoms with Crippen LogP contribution in [0.15, 0.2) is 65.6 Å². The van der Waals surface area contributed by atoms with E-state index in [1.54, 1.807) is 36.4 Å². The Morgan fingerprint density at radius 2 is 1.81 bits per heavy atom. The summed E-state index contributed by atoms with van der Waals surface area (Å²) in [4.78, 5) is 13.5. The van der Waals surface area contributed by atoms with Crippen LogP contribution in [0, 0.1) is 5.82 Å². The summed E-state index contributed by atoms with van der Waals surface area (Å²) in [5, 5.41) is 8.35. The smallest absolute Gasteiger partial charge is 0.245 e. The molecule has 0 aliphatic carbocycles. The molecule has 0 aliphatic rings. The Bertz CT molecular complexity index is 1380. The van der Waals surface area contributed by atoms with E-state index in [0.717, 1.165) is 5.56 Å². The van der Waals surface area contributed by atoms with E-state index in [9.17, 15) is 12.8 Å². The van der Waals surface area contributed by atoms with Gasteiger partial charge in [-0.1, -0.05) is 24.3 Å². The topological polar surface area (TPSA) is 120 Å². The van der Waals surface area contributed by atoms with Crippen LogP contribution in [0.1, 0.15) is 12.5 Å². The lowest BCUT2D eigenvalue weighted by atomic mass is 10.1. The highest BCUT2D eigenvalue weighted by molar-refractivity contribution is 7.89. The van der Waals surface area contributed by atoms with Gasteiger partial charge in [-0.15, -0.1) is 0 Å². The lowest BCUT2D eigenvalue weighted by molar-refractivity contribution is 0.330. The second-order valence-electron chi connectivity index (χ2n) is 6.90. The third kappa shape index (κ3) is 4.82. The Labute approximate surface area is 184 Å². The van der Waals surface area contributed by atoms with Crippen LogP contribution in [0.3, 0.4) is 0 Å². The van der Waals surface area contributed by atoms with Gasteiger partial charge in [-0.05, 0) is 48.9 Å². The van der Waals surface area contributed by atoms with Crippen molar-refractivity contribution in [3.05, 3.63) is 72.0 Å². The van der Waals surface area contributed by atoms with E-state index < -0.39 is 10.0 Å². The molecule has 0 fully saturated rings. The monoisotopic (exact) mass is 453 g/mol. The molecule has 0 amide bonds. The van der Waals surface area contributed by atoms with E-state index in [1.165, 1.54) is 24.3 Å². The number of aromatic nitrogens is 3. The first-order valence-corrected chi connectivity index (χ1v) is 11.3. The first-order valence-electron chi connectivity index (χ1n) is 9.76. The molecule has 0 radical (unpaired) electrons. The summed E-state index contributed by atoms with van der Waals surface area (Å²) < 4.78 is 42.1. The number of nitrogens with one attached hydrogen (secondary N) is 1. The Kier molecular flexibility index (Phi) is 5.97. The van der Waals surface area contributed by atoms with Crippen LogP contribution in [-0.4, -0.2) is 30.0 Å². The molecule has 164 valence electrons. The number of sulfonamides is 1. The van der Waals surface area contributed by atoms with Crippen molar-refractivity contribution < 1.29 is 17.5 Å². The van der Waals surface area contributed by atoms with Crippen LogP contribution in [0.25, 0.3) is 22.3 Å². The zero-order valence-electron chi connectivity index (χ0n) is 17.1. The molecule has 2 heterocycles. The second-order valence-corrected chi connectivity index (χ2v) is 8.46. The molecule has 0 spiro atoms. The summed E-state index contributed by atoms with van der Waals surface area (Å²) in [5.74, 6) is 0.338. The molecule has 2 aromatic carbocycles. The van der Waals surface area contributed by atoms with Crippen molar-refractivity contribution in [3.63, 3.8) is 0 Å². The van der Waals surface area contributed by atoms with E-state index in [0.29, 0.717) is 47.3 Å². The van der Waals surface area contributed by atoms with Gasteiger partial charge in [0.05, 0.1) is 22.7 Å². The Morgan fingerprint density at radius 1 is 1.03 bits per heavy atom. The van der Waals surface area contributed by atoms with E-state index in [-0.39, 0.29) is 10.7 Å². The number of primary sulfonamides is 1. The van der Waals surface area contributed by atoms with Crippen molar-refractivity contribution in [1.82, 2.24) is 15.0 Å². The van der Waals surface area contributed by atoms with Crippen molar-refractivity contribution in [2.24, 2.45) is 5.14 Å². The number of hydrogen-bond donors (Lipinski definition) is 2. The average molecular weight is 453 g/mol. The molecule has 0 aliphatic heterocycles. The van der Waals surface area contributed by atoms with Gasteiger partial charge in [0.25, 0.3) is 0 Å². The number of fused-ring (bicyclic) bond motifs is 1. The van der Waals surface area contributed by atoms with Gasteiger partial charge in [-0.25, -0.2) is 27.9 Å². The van der Waals surface area contributed by atoms with Crippen molar-refractivity contribution in [1.29, 1.82) is 0 Å². The molecular weight excluding hydrogens is 433 g/mol. The normalized spacial score (nSPS) is 11.5. The molecule has 4 aromatic rings. The number of anilines is 1. The number of pyridine rings is 1. The van der Waals surface area contributed by atoms with Crippen LogP contribution in [0.4, 0.5) is 10.3 Å². The fourth-order valence-electron chi connectivity index (χ4n) is 3.08. The average Bonchev–Trinajstić information content (AvgIpc) is 2.78.